The summed E-state index contributed by atoms with van der Waals surface area (Å²) < 4.78 is 16.8. The fraction of sp³-hybridized carbons (Fsp3) is 0.0678. The summed E-state index contributed by atoms with van der Waals surface area (Å²) in [5.41, 5.74) is 5.41. The van der Waals surface area contributed by atoms with Gasteiger partial charge in [0.25, 0.3) is 0 Å². The Balaban J connectivity index is 1.30. The summed E-state index contributed by atoms with van der Waals surface area (Å²) in [7, 11) is 0. The Morgan fingerprint density at radius 2 is 0.797 bits per heavy atom. The number of hydrogen-bond donors (Lipinski definition) is 0. The molecule has 2 aliphatic carbocycles. The normalized spacial score (nSPS) is 13.4. The summed E-state index contributed by atoms with van der Waals surface area (Å²) >= 11 is -6.41. The molecule has 0 saturated heterocycles. The minimum atomic E-state index is -6.41. The van der Waals surface area contributed by atoms with Crippen LogP contribution in [0.25, 0.3) is 11.1 Å². The van der Waals surface area contributed by atoms with E-state index >= 15 is 9.59 Å². The maximum atomic E-state index is 16.7. The summed E-state index contributed by atoms with van der Waals surface area (Å²) in [6.07, 6.45) is 6.88. The van der Waals surface area contributed by atoms with Crippen LogP contribution in [-0.4, -0.2) is 16.8 Å². The molecule has 0 radical (unpaired) electrons. The van der Waals surface area contributed by atoms with Gasteiger partial charge in [-0.15, -0.1) is 0 Å². The van der Waals surface area contributed by atoms with Gasteiger partial charge >= 0.3 is 378 Å². The molecule has 0 atom stereocenters. The first-order valence-corrected chi connectivity index (χ1v) is 25.7. The average Bonchev–Trinajstić information content (AvgIpc) is 4.05. The van der Waals surface area contributed by atoms with Crippen LogP contribution in [0.1, 0.15) is 50.9 Å². The molecule has 10 rings (SSSR count). The van der Waals surface area contributed by atoms with Gasteiger partial charge in [-0.05, 0) is 0 Å². The molecule has 0 N–H and O–H groups in total. The molecular weight excluding hydrogens is 821 g/mol. The molecule has 0 spiro atoms. The number of benzene rings is 8. The zero-order valence-electron chi connectivity index (χ0n) is 35.3. The SMILES string of the molecule is [CH2]=[Ti]([O]C(=O)C(c1ccccc1)(c1ccccc1)c1ccccc1)([O]C(=O)C(c1ccccc1)(c1ccccc1)c1ccccc1)([C]1=CC=CC1)[c]1cccc2c1Cc1ccccc1-2. The summed E-state index contributed by atoms with van der Waals surface area (Å²) in [6.45, 7) is 0. The Labute approximate surface area is 376 Å². The maximum absolute atomic E-state index is 16.7. The van der Waals surface area contributed by atoms with Gasteiger partial charge < -0.3 is 0 Å². The number of carbonyl (C=O) groups excluding carboxylic acids is 2. The van der Waals surface area contributed by atoms with E-state index in [0.717, 1.165) is 22.3 Å². The Kier molecular flexibility index (Phi) is 10.5. The number of carbonyl (C=O) groups is 2. The molecule has 5 heteroatoms. The second-order valence-corrected chi connectivity index (χ2v) is 23.1. The predicted octanol–water partition coefficient (Wildman–Crippen LogP) is 11.8. The van der Waals surface area contributed by atoms with Gasteiger partial charge in [-0.1, -0.05) is 0 Å². The molecule has 0 saturated carbocycles. The van der Waals surface area contributed by atoms with Crippen LogP contribution in [0, 0.1) is 0 Å². The third kappa shape index (κ3) is 6.44. The third-order valence-corrected chi connectivity index (χ3v) is 20.3. The zero-order valence-corrected chi connectivity index (χ0v) is 36.9. The van der Waals surface area contributed by atoms with Gasteiger partial charge in [-0.2, -0.15) is 0 Å². The summed E-state index contributed by atoms with van der Waals surface area (Å²) in [5.74, 6) is -1.16. The van der Waals surface area contributed by atoms with E-state index in [1.165, 1.54) is 0 Å². The van der Waals surface area contributed by atoms with Crippen molar-refractivity contribution in [2.75, 3.05) is 0 Å². The number of fused-ring (bicyclic) bond motifs is 3. The Bertz CT molecular complexity index is 2790. The molecule has 8 aromatic rings. The van der Waals surface area contributed by atoms with Crippen molar-refractivity contribution in [1.82, 2.24) is 0 Å². The molecule has 4 nitrogen and oxygen atoms in total. The van der Waals surface area contributed by atoms with Crippen molar-refractivity contribution in [2.45, 2.75) is 23.7 Å². The fourth-order valence-corrected chi connectivity index (χ4v) is 16.8. The van der Waals surface area contributed by atoms with E-state index in [4.69, 9.17) is 11.5 Å². The first kappa shape index (κ1) is 40.8. The fourth-order valence-electron chi connectivity index (χ4n) is 10.3. The van der Waals surface area contributed by atoms with Gasteiger partial charge in [0, 0.05) is 0 Å². The van der Waals surface area contributed by atoms with E-state index < -0.39 is 38.4 Å². The van der Waals surface area contributed by atoms with Crippen molar-refractivity contribution >= 4 is 20.6 Å². The molecule has 64 heavy (non-hydrogen) atoms. The van der Waals surface area contributed by atoms with Crippen LogP contribution in [0.3, 0.4) is 0 Å². The van der Waals surface area contributed by atoms with Crippen LogP contribution in [0.2, 0.25) is 0 Å². The molecule has 310 valence electrons. The first-order chi connectivity index (χ1) is 31.4. The predicted molar refractivity (Wildman–Crippen MR) is 254 cm³/mol. The number of rotatable bonds is 12. The molecule has 8 aromatic carbocycles. The quantitative estimate of drug-likeness (QED) is 0.0907. The van der Waals surface area contributed by atoms with Crippen molar-refractivity contribution in [3.05, 3.63) is 291 Å². The van der Waals surface area contributed by atoms with Gasteiger partial charge in [0.1, 0.15) is 0 Å². The molecule has 0 bridgehead atoms. The molecule has 0 heterocycles. The number of allylic oxidation sites excluding steroid dienone is 4. The van der Waals surface area contributed by atoms with Crippen LogP contribution in [0.5, 0.6) is 0 Å². The van der Waals surface area contributed by atoms with Gasteiger partial charge in [-0.25, -0.2) is 0 Å². The second kappa shape index (κ2) is 16.5. The zero-order chi connectivity index (χ0) is 43.6. The Hall–Kier alpha value is -7.24. The van der Waals surface area contributed by atoms with E-state index in [9.17, 15) is 0 Å². The monoisotopic (exact) mass is 866 g/mol. The number of hydrogen-bond acceptors (Lipinski definition) is 4. The van der Waals surface area contributed by atoms with Crippen molar-refractivity contribution in [2.24, 2.45) is 0 Å². The second-order valence-electron chi connectivity index (χ2n) is 16.7. The first-order valence-electron chi connectivity index (χ1n) is 21.8. The molecule has 0 aliphatic heterocycles. The van der Waals surface area contributed by atoms with Crippen LogP contribution < -0.4 is 3.87 Å². The van der Waals surface area contributed by atoms with Gasteiger partial charge in [0.2, 0.25) is 0 Å². The van der Waals surface area contributed by atoms with Crippen molar-refractivity contribution in [1.29, 1.82) is 0 Å². The average molecular weight is 867 g/mol. The van der Waals surface area contributed by atoms with E-state index in [1.54, 1.807) is 0 Å². The van der Waals surface area contributed by atoms with Crippen molar-refractivity contribution in [3.8, 4) is 11.1 Å². The molecule has 0 fully saturated rings. The molecular formula is C59H46O4Ti. The molecule has 0 aromatic heterocycles. The third-order valence-electron chi connectivity index (χ3n) is 13.3. The van der Waals surface area contributed by atoms with Gasteiger partial charge in [0.15, 0.2) is 0 Å². The minimum absolute atomic E-state index is 0.377. The molecule has 0 amide bonds. The van der Waals surface area contributed by atoms with E-state index in [1.807, 2.05) is 224 Å². The Morgan fingerprint density at radius 3 is 1.17 bits per heavy atom. The molecule has 0 unspecified atom stereocenters. The summed E-state index contributed by atoms with van der Waals surface area (Å²) in [6, 6.07) is 73.0. The van der Waals surface area contributed by atoms with Crippen LogP contribution >= 0.6 is 0 Å². The van der Waals surface area contributed by atoms with E-state index in [0.29, 0.717) is 54.0 Å². The topological polar surface area (TPSA) is 52.6 Å². The van der Waals surface area contributed by atoms with Gasteiger partial charge in [-0.3, -0.25) is 0 Å². The van der Waals surface area contributed by atoms with Crippen LogP contribution in [0.4, 0.5) is 0 Å². The van der Waals surface area contributed by atoms with Crippen LogP contribution in [-0.2, 0) is 49.1 Å². The Morgan fingerprint density at radius 1 is 0.438 bits per heavy atom. The summed E-state index contributed by atoms with van der Waals surface area (Å²) in [5, 5.41) is 0. The van der Waals surface area contributed by atoms with E-state index in [2.05, 4.69) is 18.2 Å². The standard InChI is InChI=1S/2C20H16O2.C13H9.C5H5.CH2.Ti/c2*21-19(22)20(16-10-4-1-5-11-16,17-12-6-2-7-13-17)18-14-8-3-9-15-18;1-3-7-12-10(5-1)9-11-6-2-4-8-13(11)12;1-2-4-5-3-1;;/h2*1-15H,(H,21,22);1-5,7-8H,9H2;1-3H,4H2;1H2;/q;;;;;+2/p-2. The van der Waals surface area contributed by atoms with E-state index in [-0.39, 0.29) is 0 Å². The van der Waals surface area contributed by atoms with Crippen molar-refractivity contribution < 1.29 is 31.8 Å². The summed E-state index contributed by atoms with van der Waals surface area (Å²) in [4.78, 5) is 38.7. The molecule has 2 aliphatic rings. The van der Waals surface area contributed by atoms with Crippen molar-refractivity contribution in [3.63, 3.8) is 0 Å². The van der Waals surface area contributed by atoms with Crippen LogP contribution in [0.15, 0.2) is 247 Å². The van der Waals surface area contributed by atoms with Gasteiger partial charge in [0.05, 0.1) is 0 Å².